The van der Waals surface area contributed by atoms with Crippen LogP contribution in [0.25, 0.3) is 5.69 Å². The summed E-state index contributed by atoms with van der Waals surface area (Å²) < 4.78 is 1.78. The molecule has 2 aromatic rings. The Labute approximate surface area is 117 Å². The highest BCUT2D eigenvalue weighted by atomic mass is 32.2. The van der Waals surface area contributed by atoms with Gasteiger partial charge in [0.15, 0.2) is 6.29 Å². The van der Waals surface area contributed by atoms with Crippen molar-refractivity contribution in [3.63, 3.8) is 0 Å². The number of hydrogen-bond donors (Lipinski definition) is 0. The number of benzene rings is 1. The number of aldehydes is 1. The number of carbonyl (C=O) groups excluding carboxylic acids is 1. The molecule has 4 nitrogen and oxygen atoms in total. The number of hydrogen-bond acceptors (Lipinski definition) is 4. The second kappa shape index (κ2) is 6.52. The van der Waals surface area contributed by atoms with Crippen molar-refractivity contribution in [3.05, 3.63) is 35.7 Å². The van der Waals surface area contributed by atoms with Gasteiger partial charge in [0, 0.05) is 4.90 Å². The van der Waals surface area contributed by atoms with Crippen molar-refractivity contribution in [2.45, 2.75) is 31.1 Å². The van der Waals surface area contributed by atoms with E-state index in [2.05, 4.69) is 29.4 Å². The zero-order valence-electron chi connectivity index (χ0n) is 11.2. The average molecular weight is 275 g/mol. The maximum Gasteiger partial charge on any atom is 0.172 e. The molecular formula is C14H17N3OS. The molecule has 2 rings (SSSR count). The molecule has 0 aliphatic carbocycles. The van der Waals surface area contributed by atoms with Crippen molar-refractivity contribution in [3.8, 4) is 5.69 Å². The van der Waals surface area contributed by atoms with Gasteiger partial charge in [0.25, 0.3) is 0 Å². The Balaban J connectivity index is 2.42. The number of nitrogens with zero attached hydrogens (tertiary/aromatic N) is 3. The molecule has 0 aliphatic heterocycles. The maximum atomic E-state index is 11.0. The van der Waals surface area contributed by atoms with E-state index in [0.29, 0.717) is 5.69 Å². The zero-order chi connectivity index (χ0) is 13.7. The van der Waals surface area contributed by atoms with Gasteiger partial charge in [-0.2, -0.15) is 0 Å². The number of rotatable bonds is 6. The van der Waals surface area contributed by atoms with E-state index < -0.39 is 0 Å². The van der Waals surface area contributed by atoms with Crippen LogP contribution >= 0.6 is 11.8 Å². The van der Waals surface area contributed by atoms with Crippen molar-refractivity contribution in [1.82, 2.24) is 15.0 Å². The summed E-state index contributed by atoms with van der Waals surface area (Å²) in [5, 5.41) is 8.07. The van der Waals surface area contributed by atoms with E-state index >= 15 is 0 Å². The van der Waals surface area contributed by atoms with Crippen LogP contribution in [-0.4, -0.2) is 27.5 Å². The normalized spacial score (nSPS) is 10.6. The van der Waals surface area contributed by atoms with Crippen LogP contribution in [0.1, 0.15) is 35.9 Å². The topological polar surface area (TPSA) is 47.8 Å². The van der Waals surface area contributed by atoms with Crippen LogP contribution in [0, 0.1) is 0 Å². The molecule has 1 aromatic heterocycles. The molecular weight excluding hydrogens is 258 g/mol. The van der Waals surface area contributed by atoms with Gasteiger partial charge >= 0.3 is 0 Å². The molecule has 19 heavy (non-hydrogen) atoms. The lowest BCUT2D eigenvalue weighted by Crippen LogP contribution is -2.04. The summed E-state index contributed by atoms with van der Waals surface area (Å²) in [6.45, 7) is 2.13. The molecule has 0 N–H and O–H groups in total. The summed E-state index contributed by atoms with van der Waals surface area (Å²) in [6.07, 6.45) is 5.74. The van der Waals surface area contributed by atoms with Crippen LogP contribution in [0.2, 0.25) is 0 Å². The van der Waals surface area contributed by atoms with Gasteiger partial charge in [-0.1, -0.05) is 24.6 Å². The van der Waals surface area contributed by atoms with E-state index in [4.69, 9.17) is 0 Å². The van der Waals surface area contributed by atoms with Gasteiger partial charge in [0.05, 0.1) is 11.4 Å². The molecule has 0 radical (unpaired) electrons. The predicted octanol–water partition coefficient (Wildman–Crippen LogP) is 3.14. The van der Waals surface area contributed by atoms with Gasteiger partial charge in [-0.15, -0.1) is 16.9 Å². The molecule has 1 heterocycles. The molecule has 0 bridgehead atoms. The van der Waals surface area contributed by atoms with Gasteiger partial charge in [0.1, 0.15) is 5.69 Å². The highest BCUT2D eigenvalue weighted by Crippen LogP contribution is 2.20. The minimum atomic E-state index is 0.447. The number of thioether (sulfide) groups is 1. The molecule has 0 spiro atoms. The molecule has 0 amide bonds. The smallest absolute Gasteiger partial charge is 0.172 e. The van der Waals surface area contributed by atoms with Crippen LogP contribution in [0.5, 0.6) is 0 Å². The molecule has 0 atom stereocenters. The summed E-state index contributed by atoms with van der Waals surface area (Å²) in [4.78, 5) is 12.2. The fraction of sp³-hybridized carbons (Fsp3) is 0.357. The third kappa shape index (κ3) is 3.04. The monoisotopic (exact) mass is 275 g/mol. The molecule has 0 aliphatic rings. The second-order valence-electron chi connectivity index (χ2n) is 4.26. The quantitative estimate of drug-likeness (QED) is 0.600. The first-order chi connectivity index (χ1) is 9.30. The summed E-state index contributed by atoms with van der Waals surface area (Å²) in [5.74, 6) is 0. The fourth-order valence-corrected chi connectivity index (χ4v) is 2.39. The van der Waals surface area contributed by atoms with E-state index in [1.165, 1.54) is 4.90 Å². The van der Waals surface area contributed by atoms with E-state index in [1.807, 2.05) is 18.4 Å². The van der Waals surface area contributed by atoms with E-state index in [9.17, 15) is 4.79 Å². The average Bonchev–Trinajstić information content (AvgIpc) is 2.88. The third-order valence-electron chi connectivity index (χ3n) is 2.97. The van der Waals surface area contributed by atoms with Gasteiger partial charge in [-0.3, -0.25) is 4.79 Å². The van der Waals surface area contributed by atoms with Gasteiger partial charge in [-0.25, -0.2) is 4.68 Å². The number of aromatic nitrogens is 3. The third-order valence-corrected chi connectivity index (χ3v) is 3.70. The lowest BCUT2D eigenvalue weighted by Gasteiger charge is -2.07. The molecule has 0 saturated heterocycles. The van der Waals surface area contributed by atoms with Crippen LogP contribution < -0.4 is 0 Å². The van der Waals surface area contributed by atoms with Crippen LogP contribution in [0.3, 0.4) is 0 Å². The summed E-state index contributed by atoms with van der Waals surface area (Å²) >= 11 is 1.68. The van der Waals surface area contributed by atoms with Crippen molar-refractivity contribution in [2.24, 2.45) is 0 Å². The van der Waals surface area contributed by atoms with Crippen molar-refractivity contribution in [2.75, 3.05) is 6.26 Å². The van der Waals surface area contributed by atoms with Crippen LogP contribution in [-0.2, 0) is 6.42 Å². The Morgan fingerprint density at radius 1 is 1.42 bits per heavy atom. The Bertz CT molecular complexity index is 566. The summed E-state index contributed by atoms with van der Waals surface area (Å²) in [5.41, 5.74) is 2.30. The highest BCUT2D eigenvalue weighted by molar-refractivity contribution is 7.98. The Morgan fingerprint density at radius 2 is 2.26 bits per heavy atom. The van der Waals surface area contributed by atoms with E-state index in [0.717, 1.165) is 36.9 Å². The molecule has 0 saturated carbocycles. The number of unbranched alkanes of at least 4 members (excludes halogenated alkanes) is 1. The van der Waals surface area contributed by atoms with Crippen LogP contribution in [0.4, 0.5) is 0 Å². The number of carbonyl (C=O) groups is 1. The van der Waals surface area contributed by atoms with Crippen LogP contribution in [0.15, 0.2) is 29.2 Å². The Morgan fingerprint density at radius 3 is 2.95 bits per heavy atom. The van der Waals surface area contributed by atoms with Crippen molar-refractivity contribution in [1.29, 1.82) is 0 Å². The minimum absolute atomic E-state index is 0.447. The maximum absolute atomic E-state index is 11.0. The zero-order valence-corrected chi connectivity index (χ0v) is 12.0. The molecule has 100 valence electrons. The summed E-state index contributed by atoms with van der Waals surface area (Å²) in [6, 6.07) is 8.09. The van der Waals surface area contributed by atoms with Gasteiger partial charge < -0.3 is 0 Å². The van der Waals surface area contributed by atoms with Crippen molar-refractivity contribution >= 4 is 18.0 Å². The second-order valence-corrected chi connectivity index (χ2v) is 5.14. The minimum Gasteiger partial charge on any atom is -0.296 e. The van der Waals surface area contributed by atoms with Crippen molar-refractivity contribution < 1.29 is 4.79 Å². The SMILES string of the molecule is CCCCc1c(C=O)nnn1-c1cccc(SC)c1. The molecule has 0 unspecified atom stereocenters. The van der Waals surface area contributed by atoms with Gasteiger partial charge in [0.2, 0.25) is 0 Å². The first-order valence-corrected chi connectivity index (χ1v) is 7.56. The lowest BCUT2D eigenvalue weighted by molar-refractivity contribution is 0.111. The lowest BCUT2D eigenvalue weighted by atomic mass is 10.1. The first kappa shape index (κ1) is 13.8. The molecule has 1 aromatic carbocycles. The fourth-order valence-electron chi connectivity index (χ4n) is 1.93. The van der Waals surface area contributed by atoms with E-state index in [-0.39, 0.29) is 0 Å². The highest BCUT2D eigenvalue weighted by Gasteiger charge is 2.13. The van der Waals surface area contributed by atoms with Gasteiger partial charge in [-0.05, 0) is 37.3 Å². The predicted molar refractivity (Wildman–Crippen MR) is 77.1 cm³/mol. The first-order valence-electron chi connectivity index (χ1n) is 6.34. The summed E-state index contributed by atoms with van der Waals surface area (Å²) in [7, 11) is 0. The Kier molecular flexibility index (Phi) is 4.74. The molecule has 5 heteroatoms. The molecule has 0 fully saturated rings. The standard InChI is InChI=1S/C14H17N3OS/c1-3-4-8-14-13(10-18)15-16-17(14)11-6-5-7-12(9-11)19-2/h5-7,9-10H,3-4,8H2,1-2H3. The van der Waals surface area contributed by atoms with E-state index in [1.54, 1.807) is 16.4 Å². The Hall–Kier alpha value is -1.62. The largest absolute Gasteiger partial charge is 0.296 e.